The largest absolute Gasteiger partial charge is 0.436 e. The smallest absolute Gasteiger partial charge is 0.224 e. The fourth-order valence-electron chi connectivity index (χ4n) is 1.53. The van der Waals surface area contributed by atoms with E-state index in [1.165, 1.54) is 18.2 Å². The van der Waals surface area contributed by atoms with Crippen molar-refractivity contribution in [1.29, 1.82) is 0 Å². The Kier molecular flexibility index (Phi) is 5.26. The predicted molar refractivity (Wildman–Crippen MR) is 76.7 cm³/mol. The summed E-state index contributed by atoms with van der Waals surface area (Å²) in [4.78, 5) is 8.22. The lowest BCUT2D eigenvalue weighted by Crippen LogP contribution is -2.11. The molecule has 0 amide bonds. The Bertz CT molecular complexity index is 627. The van der Waals surface area contributed by atoms with Gasteiger partial charge < -0.3 is 14.9 Å². The molecule has 0 radical (unpaired) electrons. The Balaban J connectivity index is 2.28. The van der Waals surface area contributed by atoms with Gasteiger partial charge in [-0.05, 0) is 19.1 Å². The van der Waals surface area contributed by atoms with Gasteiger partial charge in [-0.3, -0.25) is 0 Å². The first-order valence-corrected chi connectivity index (χ1v) is 6.56. The van der Waals surface area contributed by atoms with Crippen molar-refractivity contribution in [3.05, 3.63) is 40.9 Å². The van der Waals surface area contributed by atoms with Crippen LogP contribution < -0.4 is 16.0 Å². The Morgan fingerprint density at radius 3 is 2.90 bits per heavy atom. The molecule has 6 nitrogen and oxygen atoms in total. The van der Waals surface area contributed by atoms with Crippen molar-refractivity contribution in [2.24, 2.45) is 5.84 Å². The number of benzene rings is 1. The number of halogens is 2. The van der Waals surface area contributed by atoms with Crippen LogP contribution in [0.4, 0.5) is 10.2 Å². The summed E-state index contributed by atoms with van der Waals surface area (Å²) in [6.45, 7) is 2.56. The molecule has 1 aromatic heterocycles. The molecule has 3 N–H and O–H groups in total. The van der Waals surface area contributed by atoms with Gasteiger partial charge in [-0.1, -0.05) is 17.7 Å². The summed E-state index contributed by atoms with van der Waals surface area (Å²) >= 11 is 5.70. The van der Waals surface area contributed by atoms with E-state index in [1.807, 2.05) is 6.92 Å². The van der Waals surface area contributed by atoms with Crippen LogP contribution in [0.2, 0.25) is 5.02 Å². The van der Waals surface area contributed by atoms with Gasteiger partial charge in [0, 0.05) is 12.7 Å². The molecule has 0 fully saturated rings. The molecule has 2 rings (SSSR count). The summed E-state index contributed by atoms with van der Waals surface area (Å²) < 4.78 is 24.4. The minimum atomic E-state index is -0.661. The summed E-state index contributed by atoms with van der Waals surface area (Å²) in [5.74, 6) is 5.46. The van der Waals surface area contributed by atoms with Crippen LogP contribution in [0.15, 0.2) is 24.3 Å². The highest BCUT2D eigenvalue weighted by atomic mass is 35.5. The quantitative estimate of drug-likeness (QED) is 0.630. The lowest BCUT2D eigenvalue weighted by Gasteiger charge is -2.10. The van der Waals surface area contributed by atoms with Crippen molar-refractivity contribution in [2.45, 2.75) is 13.5 Å². The van der Waals surface area contributed by atoms with E-state index in [9.17, 15) is 4.39 Å². The molecule has 0 saturated carbocycles. The number of ether oxygens (including phenoxy) is 2. The Morgan fingerprint density at radius 1 is 1.38 bits per heavy atom. The number of nitrogens with zero attached hydrogens (tertiary/aromatic N) is 2. The third-order valence-corrected chi connectivity index (χ3v) is 2.75. The fraction of sp³-hybridized carbons (Fsp3) is 0.231. The standard InChI is InChI=1S/C13H14ClFN4O2/c1-2-20-7-11-17-10(19-16)6-12(18-11)21-9-5-3-4-8(14)13(9)15/h3-6H,2,7,16H2,1H3,(H,17,18,19). The Morgan fingerprint density at radius 2 is 2.19 bits per heavy atom. The van der Waals surface area contributed by atoms with E-state index in [2.05, 4.69) is 15.4 Å². The second kappa shape index (κ2) is 7.16. The summed E-state index contributed by atoms with van der Waals surface area (Å²) in [6, 6.07) is 5.89. The average Bonchev–Trinajstić information content (AvgIpc) is 2.49. The zero-order valence-electron chi connectivity index (χ0n) is 11.3. The maximum absolute atomic E-state index is 13.8. The molecule has 0 aliphatic rings. The van der Waals surface area contributed by atoms with Crippen LogP contribution in [0.25, 0.3) is 0 Å². The number of aromatic nitrogens is 2. The summed E-state index contributed by atoms with van der Waals surface area (Å²) in [5, 5.41) is -0.0340. The fourth-order valence-corrected chi connectivity index (χ4v) is 1.70. The van der Waals surface area contributed by atoms with Crippen molar-refractivity contribution in [1.82, 2.24) is 9.97 Å². The van der Waals surface area contributed by atoms with Crippen molar-refractivity contribution >= 4 is 17.4 Å². The first kappa shape index (κ1) is 15.4. The number of hydrazine groups is 1. The van der Waals surface area contributed by atoms with Crippen molar-refractivity contribution in [2.75, 3.05) is 12.0 Å². The number of rotatable bonds is 6. The number of nitrogen functional groups attached to an aromatic ring is 1. The lowest BCUT2D eigenvalue weighted by molar-refractivity contribution is 0.128. The van der Waals surface area contributed by atoms with E-state index >= 15 is 0 Å². The van der Waals surface area contributed by atoms with Crippen LogP contribution in [0.1, 0.15) is 12.7 Å². The molecule has 0 spiro atoms. The van der Waals surface area contributed by atoms with Gasteiger partial charge in [-0.25, -0.2) is 15.2 Å². The first-order chi connectivity index (χ1) is 10.1. The second-order valence-electron chi connectivity index (χ2n) is 3.94. The molecule has 0 aliphatic carbocycles. The van der Waals surface area contributed by atoms with Crippen LogP contribution in [-0.4, -0.2) is 16.6 Å². The van der Waals surface area contributed by atoms with Crippen molar-refractivity contribution in [3.8, 4) is 11.6 Å². The molecule has 2 aromatic rings. The van der Waals surface area contributed by atoms with E-state index in [-0.39, 0.29) is 23.3 Å². The molecular formula is C13H14ClFN4O2. The van der Waals surface area contributed by atoms with Gasteiger partial charge in [-0.15, -0.1) is 0 Å². The summed E-state index contributed by atoms with van der Waals surface area (Å²) in [5.41, 5.74) is 2.39. The number of hydrogen-bond acceptors (Lipinski definition) is 6. The summed E-state index contributed by atoms with van der Waals surface area (Å²) in [7, 11) is 0. The van der Waals surface area contributed by atoms with Crippen LogP contribution in [0.5, 0.6) is 11.6 Å². The highest BCUT2D eigenvalue weighted by Gasteiger charge is 2.11. The van der Waals surface area contributed by atoms with E-state index in [0.717, 1.165) is 0 Å². The molecular weight excluding hydrogens is 299 g/mol. The molecule has 0 atom stereocenters. The van der Waals surface area contributed by atoms with E-state index < -0.39 is 5.82 Å². The van der Waals surface area contributed by atoms with Gasteiger partial charge in [0.15, 0.2) is 17.4 Å². The maximum atomic E-state index is 13.8. The van der Waals surface area contributed by atoms with Crippen LogP contribution >= 0.6 is 11.6 Å². The zero-order chi connectivity index (χ0) is 15.2. The Hall–Kier alpha value is -1.96. The average molecular weight is 313 g/mol. The molecule has 0 unspecified atom stereocenters. The van der Waals surface area contributed by atoms with Gasteiger partial charge in [0.05, 0.1) is 5.02 Å². The summed E-state index contributed by atoms with van der Waals surface area (Å²) in [6.07, 6.45) is 0. The monoisotopic (exact) mass is 312 g/mol. The van der Waals surface area contributed by atoms with Crippen LogP contribution in [-0.2, 0) is 11.3 Å². The predicted octanol–water partition coefficient (Wildman–Crippen LogP) is 2.88. The highest BCUT2D eigenvalue weighted by molar-refractivity contribution is 6.30. The molecule has 0 bridgehead atoms. The van der Waals surface area contributed by atoms with Gasteiger partial charge in [0.2, 0.25) is 5.88 Å². The molecule has 21 heavy (non-hydrogen) atoms. The normalized spacial score (nSPS) is 10.5. The van der Waals surface area contributed by atoms with Gasteiger partial charge in [0.25, 0.3) is 0 Å². The van der Waals surface area contributed by atoms with E-state index in [4.69, 9.17) is 26.9 Å². The lowest BCUT2D eigenvalue weighted by atomic mass is 10.3. The molecule has 1 heterocycles. The number of anilines is 1. The molecule has 0 saturated heterocycles. The van der Waals surface area contributed by atoms with E-state index in [1.54, 1.807) is 6.07 Å². The Labute approximate surface area is 126 Å². The number of nitrogens with one attached hydrogen (secondary N) is 1. The van der Waals surface area contributed by atoms with Crippen molar-refractivity contribution in [3.63, 3.8) is 0 Å². The van der Waals surface area contributed by atoms with Gasteiger partial charge in [-0.2, -0.15) is 4.98 Å². The van der Waals surface area contributed by atoms with Crippen LogP contribution in [0.3, 0.4) is 0 Å². The molecule has 8 heteroatoms. The maximum Gasteiger partial charge on any atom is 0.224 e. The van der Waals surface area contributed by atoms with Gasteiger partial charge >= 0.3 is 0 Å². The molecule has 0 aliphatic heterocycles. The van der Waals surface area contributed by atoms with E-state index in [0.29, 0.717) is 18.2 Å². The first-order valence-electron chi connectivity index (χ1n) is 6.18. The third-order valence-electron chi connectivity index (χ3n) is 2.46. The highest BCUT2D eigenvalue weighted by Crippen LogP contribution is 2.28. The minimum Gasteiger partial charge on any atom is -0.436 e. The third kappa shape index (κ3) is 4.01. The molecule has 112 valence electrons. The molecule has 1 aromatic carbocycles. The number of nitrogens with two attached hydrogens (primary N) is 1. The minimum absolute atomic E-state index is 0.0340. The SMILES string of the molecule is CCOCc1nc(NN)cc(Oc2cccc(Cl)c2F)n1. The van der Waals surface area contributed by atoms with Gasteiger partial charge in [0.1, 0.15) is 12.4 Å². The van der Waals surface area contributed by atoms with Crippen molar-refractivity contribution < 1.29 is 13.9 Å². The second-order valence-corrected chi connectivity index (χ2v) is 4.35. The zero-order valence-corrected chi connectivity index (χ0v) is 12.0. The topological polar surface area (TPSA) is 82.3 Å². The van der Waals surface area contributed by atoms with Crippen LogP contribution in [0, 0.1) is 5.82 Å². The number of hydrogen-bond donors (Lipinski definition) is 2.